The molecule has 0 amide bonds. The molecule has 0 aromatic heterocycles. The van der Waals surface area contributed by atoms with E-state index in [4.69, 9.17) is 15.3 Å². The number of aldehydes is 1. The molecule has 2 aromatic carbocycles. The Hall–Kier alpha value is -1.79. The standard InChI is InChI=1S/C24H34O4Si/c1-24(2,3)29(22-12-6-4-7-13-22,23-14-8-5-9-15-23)28-20-11-19-26-17-10-18-27-21-16-25/h4-9,12-16H,10-11,17-21H2,1-3H3/i10T. The van der Waals surface area contributed by atoms with Gasteiger partial charge in [0.25, 0.3) is 8.32 Å². The maximum absolute atomic E-state index is 10.2. The van der Waals surface area contributed by atoms with Gasteiger partial charge in [0.1, 0.15) is 12.9 Å². The first kappa shape index (κ1) is 21.9. The van der Waals surface area contributed by atoms with E-state index in [9.17, 15) is 4.79 Å². The monoisotopic (exact) mass is 416 g/mol. The van der Waals surface area contributed by atoms with E-state index in [1.54, 1.807) is 0 Å². The average molecular weight is 417 g/mol. The van der Waals surface area contributed by atoms with Crippen LogP contribution < -0.4 is 10.4 Å². The molecular formula is C24H34O4Si. The van der Waals surface area contributed by atoms with Crippen molar-refractivity contribution in [3.8, 4) is 0 Å². The lowest BCUT2D eigenvalue weighted by molar-refractivity contribution is -0.112. The molecule has 0 aliphatic rings. The summed E-state index contributed by atoms with van der Waals surface area (Å²) >= 11 is 0. The lowest BCUT2D eigenvalue weighted by atomic mass is 10.2. The van der Waals surface area contributed by atoms with Crippen LogP contribution in [-0.2, 0) is 18.7 Å². The predicted octanol–water partition coefficient (Wildman–Crippen LogP) is 3.58. The molecule has 4 nitrogen and oxygen atoms in total. The minimum absolute atomic E-state index is 0.0295. The summed E-state index contributed by atoms with van der Waals surface area (Å²) in [7, 11) is -2.50. The SMILES string of the molecule is [3H]C(COCC=O)COCCCO[Si](c1ccccc1)(c1ccccc1)C(C)(C)C. The molecular weight excluding hydrogens is 380 g/mol. The molecule has 0 fully saturated rings. The lowest BCUT2D eigenvalue weighted by Gasteiger charge is -2.43. The van der Waals surface area contributed by atoms with E-state index >= 15 is 0 Å². The van der Waals surface area contributed by atoms with Crippen LogP contribution in [0.5, 0.6) is 0 Å². The van der Waals surface area contributed by atoms with Gasteiger partial charge in [-0.15, -0.1) is 0 Å². The summed E-state index contributed by atoms with van der Waals surface area (Å²) in [5.74, 6) is 0. The van der Waals surface area contributed by atoms with E-state index < -0.39 is 14.7 Å². The van der Waals surface area contributed by atoms with Crippen molar-refractivity contribution in [2.24, 2.45) is 0 Å². The molecule has 0 saturated heterocycles. The van der Waals surface area contributed by atoms with Crippen LogP contribution >= 0.6 is 0 Å². The van der Waals surface area contributed by atoms with Crippen molar-refractivity contribution in [3.05, 3.63) is 60.7 Å². The largest absolute Gasteiger partial charge is 0.407 e. The molecule has 29 heavy (non-hydrogen) atoms. The third-order valence-electron chi connectivity index (χ3n) is 4.83. The smallest absolute Gasteiger partial charge is 0.261 e. The van der Waals surface area contributed by atoms with Gasteiger partial charge in [-0.25, -0.2) is 0 Å². The highest BCUT2D eigenvalue weighted by atomic mass is 28.4. The summed E-state index contributed by atoms with van der Waals surface area (Å²) in [6.07, 6.45) is 0.963. The number of hydrogen-bond donors (Lipinski definition) is 0. The van der Waals surface area contributed by atoms with Crippen LogP contribution in [0.15, 0.2) is 60.7 Å². The van der Waals surface area contributed by atoms with Crippen molar-refractivity contribution >= 4 is 25.0 Å². The molecule has 5 heteroatoms. The van der Waals surface area contributed by atoms with Gasteiger partial charge in [-0.3, -0.25) is 0 Å². The Balaban J connectivity index is 2.02. The topological polar surface area (TPSA) is 44.8 Å². The molecule has 0 spiro atoms. The molecule has 0 saturated carbocycles. The first-order valence-corrected chi connectivity index (χ1v) is 12.1. The molecule has 0 bridgehead atoms. The van der Waals surface area contributed by atoms with Crippen molar-refractivity contribution < 1.29 is 20.1 Å². The van der Waals surface area contributed by atoms with Crippen molar-refractivity contribution in [2.75, 3.05) is 33.0 Å². The van der Waals surface area contributed by atoms with Gasteiger partial charge in [0.05, 0.1) is 0 Å². The molecule has 2 rings (SSSR count). The number of benzene rings is 2. The van der Waals surface area contributed by atoms with Gasteiger partial charge in [0.2, 0.25) is 0 Å². The van der Waals surface area contributed by atoms with Crippen LogP contribution in [0.3, 0.4) is 0 Å². The fourth-order valence-electron chi connectivity index (χ4n) is 3.56. The first-order valence-electron chi connectivity index (χ1n) is 10.8. The van der Waals surface area contributed by atoms with Gasteiger partial charge >= 0.3 is 0 Å². The zero-order chi connectivity index (χ0) is 21.9. The molecule has 0 aliphatic heterocycles. The van der Waals surface area contributed by atoms with Gasteiger partial charge in [-0.05, 0) is 28.2 Å². The highest BCUT2D eigenvalue weighted by Gasteiger charge is 2.49. The Morgan fingerprint density at radius 1 is 0.862 bits per heavy atom. The fourth-order valence-corrected chi connectivity index (χ4v) is 8.17. The van der Waals surface area contributed by atoms with E-state index in [1.165, 1.54) is 10.4 Å². The number of rotatable bonds is 13. The maximum atomic E-state index is 10.2. The number of carbonyl (C=O) groups excluding carboxylic acids is 1. The van der Waals surface area contributed by atoms with E-state index in [0.29, 0.717) is 19.5 Å². The molecule has 1 unspecified atom stereocenters. The highest BCUT2D eigenvalue weighted by Crippen LogP contribution is 2.36. The minimum Gasteiger partial charge on any atom is -0.407 e. The van der Waals surface area contributed by atoms with Crippen LogP contribution in [-0.4, -0.2) is 47.6 Å². The summed E-state index contributed by atoms with van der Waals surface area (Å²) in [5.41, 5.74) is 0. The van der Waals surface area contributed by atoms with Crippen LogP contribution in [0.1, 0.15) is 35.0 Å². The number of hydrogen-bond acceptors (Lipinski definition) is 4. The first-order chi connectivity index (χ1) is 14.4. The van der Waals surface area contributed by atoms with Crippen molar-refractivity contribution in [1.82, 2.24) is 0 Å². The molecule has 158 valence electrons. The van der Waals surface area contributed by atoms with Crippen LogP contribution in [0, 0.1) is 0 Å². The Kier molecular flexibility index (Phi) is 9.09. The second-order valence-corrected chi connectivity index (χ2v) is 12.2. The Morgan fingerprint density at radius 2 is 1.41 bits per heavy atom. The van der Waals surface area contributed by atoms with E-state index in [1.807, 2.05) is 12.1 Å². The third kappa shape index (κ3) is 6.61. The zero-order valence-electron chi connectivity index (χ0n) is 18.8. The summed E-state index contributed by atoms with van der Waals surface area (Å²) < 4.78 is 25.3. The van der Waals surface area contributed by atoms with Gasteiger partial charge < -0.3 is 18.7 Å². The molecule has 2 aromatic rings. The van der Waals surface area contributed by atoms with E-state index in [0.717, 1.165) is 6.42 Å². The van der Waals surface area contributed by atoms with Crippen molar-refractivity contribution in [3.63, 3.8) is 0 Å². The molecule has 0 heterocycles. The van der Waals surface area contributed by atoms with Crippen LogP contribution in [0.4, 0.5) is 0 Å². The van der Waals surface area contributed by atoms with Crippen LogP contribution in [0.25, 0.3) is 0 Å². The fraction of sp³-hybridized carbons (Fsp3) is 0.458. The van der Waals surface area contributed by atoms with Gasteiger partial charge in [0, 0.05) is 27.8 Å². The van der Waals surface area contributed by atoms with Gasteiger partial charge in [-0.2, -0.15) is 0 Å². The summed E-state index contributed by atoms with van der Waals surface area (Å²) in [4.78, 5) is 10.2. The molecule has 1 atom stereocenters. The Bertz CT molecular complexity index is 694. The average Bonchev–Trinajstić information content (AvgIpc) is 2.74. The van der Waals surface area contributed by atoms with Gasteiger partial charge in [0.15, 0.2) is 0 Å². The quantitative estimate of drug-likeness (QED) is 0.284. The normalized spacial score (nSPS) is 13.7. The second-order valence-electron chi connectivity index (χ2n) is 7.93. The second kappa shape index (κ2) is 12.0. The summed E-state index contributed by atoms with van der Waals surface area (Å²) in [6.45, 7) is 8.44. The van der Waals surface area contributed by atoms with E-state index in [-0.39, 0.29) is 24.9 Å². The maximum Gasteiger partial charge on any atom is 0.261 e. The molecule has 0 aliphatic carbocycles. The number of carbonyl (C=O) groups is 1. The lowest BCUT2D eigenvalue weighted by Crippen LogP contribution is -2.66. The Morgan fingerprint density at radius 3 is 1.93 bits per heavy atom. The number of ether oxygens (including phenoxy) is 2. The summed E-state index contributed by atoms with van der Waals surface area (Å²) in [5, 5.41) is 2.49. The van der Waals surface area contributed by atoms with E-state index in [2.05, 4.69) is 69.3 Å². The predicted molar refractivity (Wildman–Crippen MR) is 121 cm³/mol. The minimum atomic E-state index is -2.50. The molecule has 0 radical (unpaired) electrons. The van der Waals surface area contributed by atoms with Gasteiger partial charge in [-0.1, -0.05) is 81.4 Å². The summed E-state index contributed by atoms with van der Waals surface area (Å²) in [6, 6.07) is 21.2. The zero-order valence-corrected chi connectivity index (χ0v) is 18.8. The van der Waals surface area contributed by atoms with Crippen LogP contribution in [0.2, 0.25) is 5.04 Å². The third-order valence-corrected chi connectivity index (χ3v) is 9.87. The highest BCUT2D eigenvalue weighted by molar-refractivity contribution is 6.99. The molecule has 0 N–H and O–H groups in total. The Labute approximate surface area is 177 Å². The van der Waals surface area contributed by atoms with Crippen molar-refractivity contribution in [1.29, 1.82) is 0 Å². The van der Waals surface area contributed by atoms with Crippen molar-refractivity contribution in [2.45, 2.75) is 38.6 Å².